The van der Waals surface area contributed by atoms with Crippen LogP contribution in [0.4, 0.5) is 0 Å². The van der Waals surface area contributed by atoms with E-state index in [1.165, 1.54) is 18.4 Å². The van der Waals surface area contributed by atoms with Crippen LogP contribution in [0.3, 0.4) is 0 Å². The molecule has 0 atom stereocenters. The molecule has 0 radical (unpaired) electrons. The number of phenols is 1. The second-order valence-electron chi connectivity index (χ2n) is 4.96. The quantitative estimate of drug-likeness (QED) is 0.869. The van der Waals surface area contributed by atoms with Crippen molar-refractivity contribution in [3.63, 3.8) is 0 Å². The average Bonchev–Trinajstić information content (AvgIpc) is 2.32. The van der Waals surface area contributed by atoms with E-state index in [0.29, 0.717) is 5.92 Å². The Balaban J connectivity index is 2.21. The first kappa shape index (κ1) is 13.4. The molecule has 0 aromatic heterocycles. The average molecular weight is 269 g/mol. The predicted molar refractivity (Wildman–Crippen MR) is 70.5 cm³/mol. The SMILES string of the molecule is CS(=O)(=O)c1ccc(O)c(CC2CCNCC2)c1. The summed E-state index contributed by atoms with van der Waals surface area (Å²) in [7, 11) is -3.21. The molecule has 4 nitrogen and oxygen atoms in total. The Morgan fingerprint density at radius 1 is 1.33 bits per heavy atom. The first-order valence-electron chi connectivity index (χ1n) is 6.19. The minimum Gasteiger partial charge on any atom is -0.508 e. The molecule has 0 amide bonds. The molecule has 18 heavy (non-hydrogen) atoms. The topological polar surface area (TPSA) is 66.4 Å². The summed E-state index contributed by atoms with van der Waals surface area (Å²) in [6.07, 6.45) is 4.08. The van der Waals surface area contributed by atoms with E-state index in [4.69, 9.17) is 0 Å². The maximum atomic E-state index is 11.5. The Labute approximate surface area is 108 Å². The molecule has 100 valence electrons. The van der Waals surface area contributed by atoms with Crippen molar-refractivity contribution in [3.8, 4) is 5.75 Å². The summed E-state index contributed by atoms with van der Waals surface area (Å²) >= 11 is 0. The van der Waals surface area contributed by atoms with Crippen LogP contribution in [0.25, 0.3) is 0 Å². The van der Waals surface area contributed by atoms with E-state index in [2.05, 4.69) is 5.32 Å². The third-order valence-electron chi connectivity index (χ3n) is 3.45. The fraction of sp³-hybridized carbons (Fsp3) is 0.538. The first-order valence-corrected chi connectivity index (χ1v) is 8.08. The van der Waals surface area contributed by atoms with Crippen LogP contribution in [-0.2, 0) is 16.3 Å². The Morgan fingerprint density at radius 3 is 2.61 bits per heavy atom. The van der Waals surface area contributed by atoms with E-state index in [1.807, 2.05) is 0 Å². The monoisotopic (exact) mass is 269 g/mol. The van der Waals surface area contributed by atoms with Crippen LogP contribution in [0.1, 0.15) is 18.4 Å². The molecule has 2 rings (SSSR count). The Kier molecular flexibility index (Phi) is 3.92. The van der Waals surface area contributed by atoms with Crippen molar-refractivity contribution in [3.05, 3.63) is 23.8 Å². The molecule has 1 aromatic rings. The van der Waals surface area contributed by atoms with Crippen molar-refractivity contribution in [2.45, 2.75) is 24.2 Å². The first-order chi connectivity index (χ1) is 8.47. The van der Waals surface area contributed by atoms with Crippen LogP contribution in [0.5, 0.6) is 5.75 Å². The summed E-state index contributed by atoms with van der Waals surface area (Å²) < 4.78 is 23.0. The Morgan fingerprint density at radius 2 is 2.00 bits per heavy atom. The molecule has 1 aliphatic heterocycles. The van der Waals surface area contributed by atoms with Crippen molar-refractivity contribution >= 4 is 9.84 Å². The summed E-state index contributed by atoms with van der Waals surface area (Å²) in [4.78, 5) is 0.282. The highest BCUT2D eigenvalue weighted by Gasteiger charge is 2.17. The van der Waals surface area contributed by atoms with Gasteiger partial charge in [-0.05, 0) is 62.0 Å². The van der Waals surface area contributed by atoms with E-state index in [0.717, 1.165) is 37.9 Å². The molecular formula is C13H19NO3S. The number of hydrogen-bond donors (Lipinski definition) is 2. The number of sulfone groups is 1. The van der Waals surface area contributed by atoms with Crippen molar-refractivity contribution < 1.29 is 13.5 Å². The molecular weight excluding hydrogens is 250 g/mol. The minimum absolute atomic E-state index is 0.195. The second kappa shape index (κ2) is 5.28. The zero-order valence-corrected chi connectivity index (χ0v) is 11.3. The number of hydrogen-bond acceptors (Lipinski definition) is 4. The van der Waals surface area contributed by atoms with Gasteiger partial charge in [-0.3, -0.25) is 0 Å². The molecule has 2 N–H and O–H groups in total. The Hall–Kier alpha value is -1.07. The summed E-state index contributed by atoms with van der Waals surface area (Å²) in [5, 5.41) is 13.1. The molecule has 1 saturated heterocycles. The van der Waals surface area contributed by atoms with Gasteiger partial charge in [0, 0.05) is 6.26 Å². The van der Waals surface area contributed by atoms with Crippen LogP contribution < -0.4 is 5.32 Å². The molecule has 0 aliphatic carbocycles. The minimum atomic E-state index is -3.21. The van der Waals surface area contributed by atoms with Gasteiger partial charge in [-0.1, -0.05) is 0 Å². The number of benzene rings is 1. The molecule has 0 saturated carbocycles. The predicted octanol–water partition coefficient (Wildman–Crippen LogP) is 1.34. The van der Waals surface area contributed by atoms with Gasteiger partial charge in [0.1, 0.15) is 5.75 Å². The largest absolute Gasteiger partial charge is 0.508 e. The van der Waals surface area contributed by atoms with Crippen LogP contribution in [0.2, 0.25) is 0 Å². The number of aromatic hydroxyl groups is 1. The van der Waals surface area contributed by atoms with E-state index in [1.54, 1.807) is 6.07 Å². The third-order valence-corrected chi connectivity index (χ3v) is 4.56. The van der Waals surface area contributed by atoms with E-state index in [-0.39, 0.29) is 10.6 Å². The van der Waals surface area contributed by atoms with Gasteiger partial charge in [0.05, 0.1) is 4.90 Å². The molecule has 5 heteroatoms. The molecule has 0 bridgehead atoms. The normalized spacial score (nSPS) is 17.8. The fourth-order valence-electron chi connectivity index (χ4n) is 2.35. The van der Waals surface area contributed by atoms with Gasteiger partial charge in [-0.2, -0.15) is 0 Å². The Bertz CT molecular complexity index is 519. The van der Waals surface area contributed by atoms with E-state index < -0.39 is 9.84 Å². The van der Waals surface area contributed by atoms with E-state index >= 15 is 0 Å². The third kappa shape index (κ3) is 3.23. The zero-order valence-electron chi connectivity index (χ0n) is 10.5. The van der Waals surface area contributed by atoms with Crippen LogP contribution in [-0.4, -0.2) is 32.9 Å². The maximum absolute atomic E-state index is 11.5. The van der Waals surface area contributed by atoms with E-state index in [9.17, 15) is 13.5 Å². The lowest BCUT2D eigenvalue weighted by Crippen LogP contribution is -2.28. The summed E-state index contributed by atoms with van der Waals surface area (Å²) in [6, 6.07) is 4.54. The summed E-state index contributed by atoms with van der Waals surface area (Å²) in [5.41, 5.74) is 0.741. The van der Waals surface area contributed by atoms with Crippen molar-refractivity contribution in [1.29, 1.82) is 0 Å². The van der Waals surface area contributed by atoms with Gasteiger partial charge in [-0.15, -0.1) is 0 Å². The van der Waals surface area contributed by atoms with Gasteiger partial charge < -0.3 is 10.4 Å². The molecule has 0 spiro atoms. The highest BCUT2D eigenvalue weighted by Crippen LogP contribution is 2.26. The molecule has 1 fully saturated rings. The lowest BCUT2D eigenvalue weighted by atomic mass is 9.91. The number of rotatable bonds is 3. The molecule has 0 unspecified atom stereocenters. The summed E-state index contributed by atoms with van der Waals surface area (Å²) in [6.45, 7) is 1.99. The number of nitrogens with one attached hydrogen (secondary N) is 1. The zero-order chi connectivity index (χ0) is 13.2. The maximum Gasteiger partial charge on any atom is 0.175 e. The fourth-order valence-corrected chi connectivity index (χ4v) is 3.02. The molecule has 1 heterocycles. The van der Waals surface area contributed by atoms with Crippen molar-refractivity contribution in [2.24, 2.45) is 5.92 Å². The van der Waals surface area contributed by atoms with Crippen LogP contribution in [0.15, 0.2) is 23.1 Å². The highest BCUT2D eigenvalue weighted by atomic mass is 32.2. The molecule has 1 aliphatic rings. The smallest absolute Gasteiger partial charge is 0.175 e. The number of piperidine rings is 1. The van der Waals surface area contributed by atoms with Gasteiger partial charge >= 0.3 is 0 Å². The molecule has 1 aromatic carbocycles. The van der Waals surface area contributed by atoms with Crippen molar-refractivity contribution in [1.82, 2.24) is 5.32 Å². The van der Waals surface area contributed by atoms with Gasteiger partial charge in [0.25, 0.3) is 0 Å². The standard InChI is InChI=1S/C13H19NO3S/c1-18(16,17)12-2-3-13(15)11(9-12)8-10-4-6-14-7-5-10/h2-3,9-10,14-15H,4-8H2,1H3. The second-order valence-corrected chi connectivity index (χ2v) is 6.98. The lowest BCUT2D eigenvalue weighted by molar-refractivity contribution is 0.366. The van der Waals surface area contributed by atoms with Crippen LogP contribution in [0, 0.1) is 5.92 Å². The van der Waals surface area contributed by atoms with Gasteiger partial charge in [0.15, 0.2) is 9.84 Å². The van der Waals surface area contributed by atoms with Crippen molar-refractivity contribution in [2.75, 3.05) is 19.3 Å². The van der Waals surface area contributed by atoms with Gasteiger partial charge in [-0.25, -0.2) is 8.42 Å². The van der Waals surface area contributed by atoms with Gasteiger partial charge in [0.2, 0.25) is 0 Å². The number of phenolic OH excluding ortho intramolecular Hbond substituents is 1. The summed E-state index contributed by atoms with van der Waals surface area (Å²) in [5.74, 6) is 0.716. The highest BCUT2D eigenvalue weighted by molar-refractivity contribution is 7.90. The lowest BCUT2D eigenvalue weighted by Gasteiger charge is -2.23. The van der Waals surface area contributed by atoms with Crippen LogP contribution >= 0.6 is 0 Å².